The van der Waals surface area contributed by atoms with Crippen LogP contribution in [0.4, 0.5) is 22.7 Å². The summed E-state index contributed by atoms with van der Waals surface area (Å²) in [6.07, 6.45) is 6.88. The van der Waals surface area contributed by atoms with Gasteiger partial charge in [-0.15, -0.1) is 0 Å². The number of piperidine rings is 2. The number of amides is 4. The fraction of sp³-hybridized carbons (Fsp3) is 0.238. The van der Waals surface area contributed by atoms with Crippen LogP contribution < -0.4 is 19.6 Å². The molecule has 1 spiro atoms. The van der Waals surface area contributed by atoms with Crippen molar-refractivity contribution < 1.29 is 19.2 Å². The van der Waals surface area contributed by atoms with Gasteiger partial charge in [0.25, 0.3) is 23.6 Å². The molecule has 2 fully saturated rings. The normalized spacial score (nSPS) is 19.0. The molecule has 0 aromatic heterocycles. The molecule has 1 unspecified atom stereocenters. The highest BCUT2D eigenvalue weighted by molar-refractivity contribution is 6.38. The molecule has 8 aromatic carbocycles. The highest BCUT2D eigenvalue weighted by Crippen LogP contribution is 2.64. The number of hydrogen-bond donors (Lipinski definition) is 0. The zero-order valence-electron chi connectivity index (χ0n) is 40.3. The lowest BCUT2D eigenvalue weighted by Gasteiger charge is -2.34. The first-order valence-electron chi connectivity index (χ1n) is 25.5. The van der Waals surface area contributed by atoms with Crippen molar-refractivity contribution in [3.8, 4) is 22.3 Å². The average Bonchev–Trinajstić information content (AvgIpc) is 3.86. The molecule has 348 valence electrons. The Kier molecular flexibility index (Phi) is 8.94. The van der Waals surface area contributed by atoms with Crippen molar-refractivity contribution in [2.24, 2.45) is 0 Å². The molecule has 71 heavy (non-hydrogen) atoms. The highest BCUT2D eigenvalue weighted by atomic mass is 16.2. The molecule has 8 nitrogen and oxygen atoms in total. The number of imide groups is 2. The topological polar surface area (TPSA) is 81.2 Å². The summed E-state index contributed by atoms with van der Waals surface area (Å²) in [7, 11) is 0. The molecule has 0 saturated carbocycles. The Hall–Kier alpha value is -7.84. The first-order chi connectivity index (χ1) is 34.5. The van der Waals surface area contributed by atoms with Crippen LogP contribution in [0.3, 0.4) is 0 Å². The Balaban J connectivity index is 0.948. The molecule has 8 aromatic rings. The summed E-state index contributed by atoms with van der Waals surface area (Å²) in [5.41, 5.74) is 13.3. The van der Waals surface area contributed by atoms with Crippen LogP contribution in [0.2, 0.25) is 0 Å². The second-order valence-electron chi connectivity index (χ2n) is 21.5. The Bertz CT molecular complexity index is 3520. The molecule has 4 amide bonds. The highest BCUT2D eigenvalue weighted by Gasteiger charge is 2.53. The van der Waals surface area contributed by atoms with Crippen LogP contribution in [0.1, 0.15) is 129 Å². The zero-order valence-corrected chi connectivity index (χ0v) is 40.3. The Morgan fingerprint density at radius 3 is 1.25 bits per heavy atom. The van der Waals surface area contributed by atoms with Crippen molar-refractivity contribution in [1.82, 2.24) is 0 Å². The van der Waals surface area contributed by atoms with E-state index in [1.807, 2.05) is 60.7 Å². The summed E-state index contributed by atoms with van der Waals surface area (Å²) in [4.78, 5) is 67.7. The summed E-state index contributed by atoms with van der Waals surface area (Å²) in [5, 5.41) is 3.31. The monoisotopic (exact) mass is 928 g/mol. The summed E-state index contributed by atoms with van der Waals surface area (Å²) >= 11 is 0. The Morgan fingerprint density at radius 1 is 0.380 bits per heavy atom. The molecular formula is C63H52N4O4. The van der Waals surface area contributed by atoms with E-state index < -0.39 is 5.41 Å². The Labute approximate surface area is 413 Å². The van der Waals surface area contributed by atoms with Gasteiger partial charge >= 0.3 is 0 Å². The smallest absolute Gasteiger partial charge is 0.265 e. The SMILES string of the molecule is CC(C)(C)c1ccc2c(c1)C1(c3ccccc3-c3ccc(N4C(=O)c5cccc6c(N7CCCCC7)ccc(c56)C4=O)cc31)c1cc(N3C(=O)c4cccc5c(N6CCCCC6)ccc(c45)C3=O)ccc1-2. The number of carbonyl (C=O) groups excluding carboxylic acids is 4. The van der Waals surface area contributed by atoms with Crippen molar-refractivity contribution >= 4 is 67.9 Å². The maximum Gasteiger partial charge on any atom is 0.265 e. The lowest BCUT2D eigenvalue weighted by atomic mass is 9.69. The number of benzene rings is 8. The van der Waals surface area contributed by atoms with Gasteiger partial charge in [-0.05, 0) is 155 Å². The molecule has 4 heterocycles. The third-order valence-corrected chi connectivity index (χ3v) is 16.7. The number of rotatable bonds is 4. The number of hydrogen-bond acceptors (Lipinski definition) is 6. The number of anilines is 4. The summed E-state index contributed by atoms with van der Waals surface area (Å²) < 4.78 is 0. The maximum absolute atomic E-state index is 15.0. The zero-order chi connectivity index (χ0) is 48.1. The van der Waals surface area contributed by atoms with Gasteiger partial charge < -0.3 is 9.80 Å². The lowest BCUT2D eigenvalue weighted by molar-refractivity contribution is 0.0877. The predicted octanol–water partition coefficient (Wildman–Crippen LogP) is 13.2. The van der Waals surface area contributed by atoms with Gasteiger partial charge in [-0.25, -0.2) is 9.80 Å². The Morgan fingerprint density at radius 2 is 0.775 bits per heavy atom. The number of carbonyl (C=O) groups is 4. The minimum Gasteiger partial charge on any atom is -0.371 e. The lowest BCUT2D eigenvalue weighted by Crippen LogP contribution is -2.41. The fourth-order valence-electron chi connectivity index (χ4n) is 13.4. The predicted molar refractivity (Wildman–Crippen MR) is 284 cm³/mol. The van der Waals surface area contributed by atoms with Gasteiger partial charge in [0, 0.05) is 81.4 Å². The van der Waals surface area contributed by atoms with Gasteiger partial charge in [-0.3, -0.25) is 19.2 Å². The second-order valence-corrected chi connectivity index (χ2v) is 21.5. The molecule has 0 N–H and O–H groups in total. The van der Waals surface area contributed by atoms with Gasteiger partial charge in [-0.2, -0.15) is 0 Å². The third kappa shape index (κ3) is 5.73. The van der Waals surface area contributed by atoms with Crippen LogP contribution in [0.25, 0.3) is 43.8 Å². The minimum absolute atomic E-state index is 0.192. The van der Waals surface area contributed by atoms with E-state index in [1.54, 1.807) is 0 Å². The van der Waals surface area contributed by atoms with E-state index in [2.05, 4.69) is 109 Å². The first kappa shape index (κ1) is 42.1. The van der Waals surface area contributed by atoms with Gasteiger partial charge in [0.05, 0.1) is 16.8 Å². The molecule has 14 rings (SSSR count). The van der Waals surface area contributed by atoms with Gasteiger partial charge in [-0.1, -0.05) is 99.6 Å². The van der Waals surface area contributed by atoms with Gasteiger partial charge in [0.15, 0.2) is 0 Å². The average molecular weight is 929 g/mol. The fourth-order valence-corrected chi connectivity index (χ4v) is 13.4. The number of fused-ring (bicyclic) bond motifs is 10. The van der Waals surface area contributed by atoms with E-state index in [0.29, 0.717) is 33.6 Å². The molecule has 2 aliphatic carbocycles. The van der Waals surface area contributed by atoms with Gasteiger partial charge in [0.2, 0.25) is 0 Å². The first-order valence-corrected chi connectivity index (χ1v) is 25.5. The molecule has 0 radical (unpaired) electrons. The molecule has 8 heteroatoms. The van der Waals surface area contributed by atoms with E-state index in [9.17, 15) is 0 Å². The molecule has 1 atom stereocenters. The largest absolute Gasteiger partial charge is 0.371 e. The van der Waals surface area contributed by atoms with Gasteiger partial charge in [0.1, 0.15) is 0 Å². The number of nitrogens with zero attached hydrogens (tertiary/aromatic N) is 4. The van der Waals surface area contributed by atoms with Crippen LogP contribution in [-0.4, -0.2) is 49.8 Å². The standard InChI is InChI=1S/C63H52N4O4/c1-62(2,3)37-20-23-41-43-25-22-39(67-59(69)47-18-13-16-45-55(65-32-10-5-11-33-65)29-27-49(57(45)47)61(67)71)36-53(43)63(51(41)34-37)50-19-7-6-14-40(50)42-24-21-38(35-52(42)63)66-58(68)46-17-12-15-44-54(64-30-8-4-9-31-64)28-26-48(56(44)46)60(66)70/h6-7,12-29,34-36H,4-5,8-11,30-33H2,1-3H3. The van der Waals surface area contributed by atoms with E-state index in [1.165, 1.54) is 22.6 Å². The van der Waals surface area contributed by atoms with Crippen LogP contribution in [0, 0.1) is 0 Å². The van der Waals surface area contributed by atoms with Crippen molar-refractivity contribution in [3.63, 3.8) is 0 Å². The van der Waals surface area contributed by atoms with Crippen LogP contribution in [0.5, 0.6) is 0 Å². The van der Waals surface area contributed by atoms with E-state index in [4.69, 9.17) is 0 Å². The summed E-state index contributed by atoms with van der Waals surface area (Å²) in [5.74, 6) is -1.39. The summed E-state index contributed by atoms with van der Waals surface area (Å²) in [6.45, 7) is 10.5. The second kappa shape index (κ2) is 15.1. The molecule has 0 bridgehead atoms. The third-order valence-electron chi connectivity index (χ3n) is 16.7. The van der Waals surface area contributed by atoms with E-state index in [0.717, 1.165) is 135 Å². The van der Waals surface area contributed by atoms with Crippen LogP contribution >= 0.6 is 0 Å². The van der Waals surface area contributed by atoms with Crippen LogP contribution in [0.15, 0.2) is 140 Å². The summed E-state index contributed by atoms with van der Waals surface area (Å²) in [6, 6.07) is 46.9. The molecular weight excluding hydrogens is 877 g/mol. The van der Waals surface area contributed by atoms with E-state index in [-0.39, 0.29) is 29.0 Å². The maximum atomic E-state index is 15.0. The minimum atomic E-state index is -0.948. The molecule has 6 aliphatic rings. The van der Waals surface area contributed by atoms with Crippen molar-refractivity contribution in [2.75, 3.05) is 45.8 Å². The molecule has 2 saturated heterocycles. The van der Waals surface area contributed by atoms with Crippen molar-refractivity contribution in [1.29, 1.82) is 0 Å². The van der Waals surface area contributed by atoms with Crippen molar-refractivity contribution in [2.45, 2.75) is 70.1 Å². The molecule has 4 aliphatic heterocycles. The quantitative estimate of drug-likeness (QED) is 0.164. The van der Waals surface area contributed by atoms with Crippen molar-refractivity contribution in [3.05, 3.63) is 190 Å². The van der Waals surface area contributed by atoms with E-state index >= 15 is 19.2 Å². The van der Waals surface area contributed by atoms with Crippen LogP contribution in [-0.2, 0) is 10.8 Å².